The van der Waals surface area contributed by atoms with Crippen molar-refractivity contribution in [2.75, 3.05) is 13.1 Å². The molecule has 0 radical (unpaired) electrons. The van der Waals surface area contributed by atoms with Crippen LogP contribution < -0.4 is 0 Å². The Labute approximate surface area is 133 Å². The molecule has 1 aromatic rings. The van der Waals surface area contributed by atoms with Crippen LogP contribution in [0, 0.1) is 5.92 Å². The minimum absolute atomic E-state index is 0.160. The molecule has 0 N–H and O–H groups in total. The molecular formula is C18H26ClNO. The van der Waals surface area contributed by atoms with Gasteiger partial charge in [0.2, 0.25) is 0 Å². The van der Waals surface area contributed by atoms with E-state index < -0.39 is 0 Å². The lowest BCUT2D eigenvalue weighted by molar-refractivity contribution is 0.0942. The van der Waals surface area contributed by atoms with Crippen LogP contribution in [-0.2, 0) is 0 Å². The third kappa shape index (κ3) is 4.82. The molecule has 1 aromatic carbocycles. The first-order valence-corrected chi connectivity index (χ1v) is 8.47. The van der Waals surface area contributed by atoms with Crippen molar-refractivity contribution in [3.8, 4) is 0 Å². The molecule has 0 aromatic heterocycles. The summed E-state index contributed by atoms with van der Waals surface area (Å²) in [6.45, 7) is 6.43. The molecule has 1 saturated carbocycles. The summed E-state index contributed by atoms with van der Waals surface area (Å²) in [5.74, 6) is 0.799. The van der Waals surface area contributed by atoms with Gasteiger partial charge in [-0.15, -0.1) is 0 Å². The molecule has 0 unspecified atom stereocenters. The van der Waals surface area contributed by atoms with Gasteiger partial charge in [0.1, 0.15) is 0 Å². The van der Waals surface area contributed by atoms with E-state index in [1.807, 2.05) is 18.2 Å². The zero-order chi connectivity index (χ0) is 15.2. The number of ketones is 1. The first-order chi connectivity index (χ1) is 10.1. The van der Waals surface area contributed by atoms with Crippen LogP contribution in [0.15, 0.2) is 24.3 Å². The Balaban J connectivity index is 1.94. The van der Waals surface area contributed by atoms with E-state index in [4.69, 9.17) is 11.6 Å². The molecule has 0 aliphatic heterocycles. The molecule has 116 valence electrons. The average molecular weight is 308 g/mol. The van der Waals surface area contributed by atoms with Gasteiger partial charge >= 0.3 is 0 Å². The van der Waals surface area contributed by atoms with E-state index in [1.165, 1.54) is 25.7 Å². The monoisotopic (exact) mass is 307 g/mol. The number of rotatable bonds is 7. The number of carbonyl (C=O) groups excluding carboxylic acids is 1. The van der Waals surface area contributed by atoms with Crippen molar-refractivity contribution in [2.45, 2.75) is 52.0 Å². The van der Waals surface area contributed by atoms with Crippen LogP contribution in [0.1, 0.15) is 56.3 Å². The van der Waals surface area contributed by atoms with Gasteiger partial charge in [0.15, 0.2) is 5.78 Å². The van der Waals surface area contributed by atoms with Crippen LogP contribution in [0.5, 0.6) is 0 Å². The van der Waals surface area contributed by atoms with Gasteiger partial charge < -0.3 is 0 Å². The van der Waals surface area contributed by atoms with Gasteiger partial charge in [-0.25, -0.2) is 0 Å². The van der Waals surface area contributed by atoms with E-state index in [2.05, 4.69) is 18.7 Å². The fourth-order valence-electron chi connectivity index (χ4n) is 3.23. The summed E-state index contributed by atoms with van der Waals surface area (Å²) >= 11 is 6.11. The third-order valence-corrected chi connectivity index (χ3v) is 4.57. The minimum atomic E-state index is 0.160. The highest BCUT2D eigenvalue weighted by Crippen LogP contribution is 2.25. The Morgan fingerprint density at radius 2 is 1.95 bits per heavy atom. The van der Waals surface area contributed by atoms with Crippen LogP contribution in [0.3, 0.4) is 0 Å². The van der Waals surface area contributed by atoms with Crippen molar-refractivity contribution in [3.05, 3.63) is 34.9 Å². The number of hydrogen-bond donors (Lipinski definition) is 0. The van der Waals surface area contributed by atoms with Gasteiger partial charge in [0.05, 0.1) is 5.02 Å². The Bertz CT molecular complexity index is 466. The third-order valence-electron chi connectivity index (χ3n) is 4.24. The predicted molar refractivity (Wildman–Crippen MR) is 89.1 cm³/mol. The molecule has 21 heavy (non-hydrogen) atoms. The van der Waals surface area contributed by atoms with Gasteiger partial charge in [0.25, 0.3) is 0 Å². The fraction of sp³-hybridized carbons (Fsp3) is 0.611. The standard InChI is InChI=1S/C18H26ClNO/c1-14(2)13-20(15-7-3-4-8-15)12-11-18(21)16-9-5-6-10-17(16)19/h5-6,9-10,14-15H,3-4,7-8,11-13H2,1-2H3. The highest BCUT2D eigenvalue weighted by atomic mass is 35.5. The first kappa shape index (κ1) is 16.5. The maximum atomic E-state index is 12.4. The number of hydrogen-bond acceptors (Lipinski definition) is 2. The van der Waals surface area contributed by atoms with Gasteiger partial charge in [-0.05, 0) is 30.9 Å². The van der Waals surface area contributed by atoms with Gasteiger partial charge in [-0.1, -0.05) is 50.4 Å². The molecule has 0 spiro atoms. The maximum absolute atomic E-state index is 12.4. The number of benzene rings is 1. The Kier molecular flexibility index (Phi) is 6.25. The predicted octanol–water partition coefficient (Wildman–Crippen LogP) is 4.81. The molecule has 2 rings (SSSR count). The molecule has 0 amide bonds. The van der Waals surface area contributed by atoms with E-state index >= 15 is 0 Å². The van der Waals surface area contributed by atoms with Crippen molar-refractivity contribution in [1.82, 2.24) is 4.90 Å². The molecule has 0 atom stereocenters. The molecular weight excluding hydrogens is 282 g/mol. The van der Waals surface area contributed by atoms with Crippen LogP contribution in [0.4, 0.5) is 0 Å². The van der Waals surface area contributed by atoms with Gasteiger partial charge in [-0.2, -0.15) is 0 Å². The first-order valence-electron chi connectivity index (χ1n) is 8.09. The zero-order valence-electron chi connectivity index (χ0n) is 13.1. The molecule has 0 saturated heterocycles. The van der Waals surface area contributed by atoms with Crippen LogP contribution in [0.25, 0.3) is 0 Å². The molecule has 0 bridgehead atoms. The lowest BCUT2D eigenvalue weighted by Gasteiger charge is -2.30. The van der Waals surface area contributed by atoms with Crippen molar-refractivity contribution in [1.29, 1.82) is 0 Å². The van der Waals surface area contributed by atoms with Crippen molar-refractivity contribution in [3.63, 3.8) is 0 Å². The van der Waals surface area contributed by atoms with Crippen LogP contribution in [-0.4, -0.2) is 29.8 Å². The van der Waals surface area contributed by atoms with E-state index in [0.29, 0.717) is 29.0 Å². The van der Waals surface area contributed by atoms with Crippen molar-refractivity contribution < 1.29 is 4.79 Å². The highest BCUT2D eigenvalue weighted by molar-refractivity contribution is 6.33. The second kappa shape index (κ2) is 7.95. The minimum Gasteiger partial charge on any atom is -0.300 e. The van der Waals surface area contributed by atoms with Crippen molar-refractivity contribution in [2.24, 2.45) is 5.92 Å². The Morgan fingerprint density at radius 1 is 1.29 bits per heavy atom. The second-order valence-electron chi connectivity index (χ2n) is 6.48. The number of halogens is 1. The number of nitrogens with zero attached hydrogens (tertiary/aromatic N) is 1. The molecule has 0 heterocycles. The molecule has 2 nitrogen and oxygen atoms in total. The Hall–Kier alpha value is -0.860. The lowest BCUT2D eigenvalue weighted by Crippen LogP contribution is -2.37. The summed E-state index contributed by atoms with van der Waals surface area (Å²) in [4.78, 5) is 14.9. The Morgan fingerprint density at radius 3 is 2.57 bits per heavy atom. The van der Waals surface area contributed by atoms with Gasteiger partial charge in [0, 0.05) is 31.1 Å². The number of Topliss-reactive ketones (excluding diaryl/α,β-unsaturated/α-hetero) is 1. The van der Waals surface area contributed by atoms with Crippen LogP contribution >= 0.6 is 11.6 Å². The van der Waals surface area contributed by atoms with E-state index in [1.54, 1.807) is 6.07 Å². The zero-order valence-corrected chi connectivity index (χ0v) is 13.9. The maximum Gasteiger partial charge on any atom is 0.165 e. The topological polar surface area (TPSA) is 20.3 Å². The van der Waals surface area contributed by atoms with Gasteiger partial charge in [-0.3, -0.25) is 9.69 Å². The normalized spacial score (nSPS) is 16.0. The lowest BCUT2D eigenvalue weighted by atomic mass is 10.1. The van der Waals surface area contributed by atoms with Crippen LogP contribution in [0.2, 0.25) is 5.02 Å². The average Bonchev–Trinajstić information content (AvgIpc) is 2.97. The SMILES string of the molecule is CC(C)CN(CCC(=O)c1ccccc1Cl)C1CCCC1. The summed E-state index contributed by atoms with van der Waals surface area (Å²) in [7, 11) is 0. The molecule has 1 fully saturated rings. The fourth-order valence-corrected chi connectivity index (χ4v) is 3.47. The van der Waals surface area contributed by atoms with E-state index in [9.17, 15) is 4.79 Å². The molecule has 1 aliphatic rings. The van der Waals surface area contributed by atoms with E-state index in [-0.39, 0.29) is 5.78 Å². The smallest absolute Gasteiger partial charge is 0.165 e. The second-order valence-corrected chi connectivity index (χ2v) is 6.89. The summed E-state index contributed by atoms with van der Waals surface area (Å²) in [5, 5.41) is 0.568. The summed E-state index contributed by atoms with van der Waals surface area (Å²) in [6.07, 6.45) is 5.79. The summed E-state index contributed by atoms with van der Waals surface area (Å²) in [6, 6.07) is 8.03. The molecule has 3 heteroatoms. The summed E-state index contributed by atoms with van der Waals surface area (Å²) in [5.41, 5.74) is 0.662. The summed E-state index contributed by atoms with van der Waals surface area (Å²) < 4.78 is 0. The quantitative estimate of drug-likeness (QED) is 0.674. The number of carbonyl (C=O) groups is 1. The van der Waals surface area contributed by atoms with E-state index in [0.717, 1.165) is 13.1 Å². The van der Waals surface area contributed by atoms with Crippen molar-refractivity contribution >= 4 is 17.4 Å². The highest BCUT2D eigenvalue weighted by Gasteiger charge is 2.23. The molecule has 1 aliphatic carbocycles. The largest absolute Gasteiger partial charge is 0.300 e.